The molecule has 2 rings (SSSR count). The van der Waals surface area contributed by atoms with Crippen molar-refractivity contribution in [3.63, 3.8) is 0 Å². The van der Waals surface area contributed by atoms with E-state index in [1.807, 2.05) is 6.08 Å². The molecule has 0 aromatic carbocycles. The standard InChI is InChI=1S/C24H40O5/c1-16(2)5-4-6-17(3)11-20(25)7-8-21-22-13-18(9-10-29-15-24(27)28)12-19(22)14-23(21)26/h5,7-8,17-23,25-26H,4,6,9-15H2,1-3H3,(H,27,28)/t17?,18?,19-,20?,21-,22+,23-/m0/s1. The molecule has 0 aromatic heterocycles. The first-order valence-corrected chi connectivity index (χ1v) is 11.2. The topological polar surface area (TPSA) is 87.0 Å². The molecule has 3 N–H and O–H groups in total. The van der Waals surface area contributed by atoms with Crippen LogP contribution < -0.4 is 0 Å². The number of allylic oxidation sites excluding steroid dienone is 2. The number of carbonyl (C=O) groups is 1. The fourth-order valence-electron chi connectivity index (χ4n) is 5.21. The van der Waals surface area contributed by atoms with Crippen LogP contribution in [0.2, 0.25) is 0 Å². The lowest BCUT2D eigenvalue weighted by atomic mass is 9.89. The highest BCUT2D eigenvalue weighted by Gasteiger charge is 2.46. The Morgan fingerprint density at radius 2 is 2.00 bits per heavy atom. The monoisotopic (exact) mass is 408 g/mol. The zero-order valence-electron chi connectivity index (χ0n) is 18.3. The lowest BCUT2D eigenvalue weighted by Gasteiger charge is -2.20. The van der Waals surface area contributed by atoms with Gasteiger partial charge in [-0.3, -0.25) is 0 Å². The summed E-state index contributed by atoms with van der Waals surface area (Å²) in [5.74, 6) is 1.21. The van der Waals surface area contributed by atoms with E-state index in [0.717, 1.165) is 44.9 Å². The predicted molar refractivity (Wildman–Crippen MR) is 114 cm³/mol. The second kappa shape index (κ2) is 11.9. The zero-order chi connectivity index (χ0) is 21.4. The van der Waals surface area contributed by atoms with Crippen LogP contribution in [0.25, 0.3) is 0 Å². The number of aliphatic hydroxyl groups is 2. The van der Waals surface area contributed by atoms with Gasteiger partial charge in [0.05, 0.1) is 12.2 Å². The summed E-state index contributed by atoms with van der Waals surface area (Å²) in [6.07, 6.45) is 12.2. The Kier molecular flexibility index (Phi) is 9.87. The summed E-state index contributed by atoms with van der Waals surface area (Å²) in [5.41, 5.74) is 1.34. The number of ether oxygens (including phenoxy) is 1. The molecule has 2 aliphatic rings. The third-order valence-corrected chi connectivity index (χ3v) is 6.64. The summed E-state index contributed by atoms with van der Waals surface area (Å²) in [5, 5.41) is 29.5. The summed E-state index contributed by atoms with van der Waals surface area (Å²) < 4.78 is 5.18. The van der Waals surface area contributed by atoms with Crippen LogP contribution in [0.3, 0.4) is 0 Å². The predicted octanol–water partition coefficient (Wildman–Crippen LogP) is 4.19. The van der Waals surface area contributed by atoms with E-state index < -0.39 is 12.1 Å². The molecule has 2 saturated carbocycles. The van der Waals surface area contributed by atoms with Crippen LogP contribution >= 0.6 is 0 Å². The molecule has 3 unspecified atom stereocenters. The lowest BCUT2D eigenvalue weighted by Crippen LogP contribution is -2.19. The van der Waals surface area contributed by atoms with Gasteiger partial charge < -0.3 is 20.1 Å². The van der Waals surface area contributed by atoms with Crippen LogP contribution in [0, 0.1) is 29.6 Å². The number of aliphatic hydroxyl groups excluding tert-OH is 2. The maximum absolute atomic E-state index is 10.5. The SMILES string of the molecule is CC(C)=CCCC(C)CC(O)C=C[C@H]1[C@@H]2CC(CCOCC(=O)O)C[C@H]2C[C@@H]1O. The zero-order valence-corrected chi connectivity index (χ0v) is 18.3. The Hall–Kier alpha value is -1.17. The van der Waals surface area contributed by atoms with Gasteiger partial charge in [0, 0.05) is 12.5 Å². The number of carboxylic acid groups (broad SMARTS) is 1. The normalized spacial score (nSPS) is 31.0. The smallest absolute Gasteiger partial charge is 0.329 e. The Balaban J connectivity index is 1.76. The quantitative estimate of drug-likeness (QED) is 0.333. The Morgan fingerprint density at radius 1 is 1.24 bits per heavy atom. The van der Waals surface area contributed by atoms with E-state index in [1.165, 1.54) is 5.57 Å². The molecule has 166 valence electrons. The highest BCUT2D eigenvalue weighted by atomic mass is 16.5. The van der Waals surface area contributed by atoms with Crippen LogP contribution in [-0.4, -0.2) is 46.7 Å². The number of aliphatic carboxylic acids is 1. The maximum Gasteiger partial charge on any atom is 0.329 e. The van der Waals surface area contributed by atoms with Gasteiger partial charge in [0.25, 0.3) is 0 Å². The van der Waals surface area contributed by atoms with E-state index in [0.29, 0.717) is 30.3 Å². The second-order valence-corrected chi connectivity index (χ2v) is 9.53. The van der Waals surface area contributed by atoms with Crippen molar-refractivity contribution < 1.29 is 24.9 Å². The molecule has 0 heterocycles. The van der Waals surface area contributed by atoms with Crippen molar-refractivity contribution in [3.8, 4) is 0 Å². The van der Waals surface area contributed by atoms with Gasteiger partial charge in [0.1, 0.15) is 6.61 Å². The molecule has 0 aromatic rings. The van der Waals surface area contributed by atoms with Crippen molar-refractivity contribution in [2.45, 2.75) is 77.9 Å². The molecule has 5 heteroatoms. The molecule has 0 amide bonds. The van der Waals surface area contributed by atoms with Crippen LogP contribution in [0.5, 0.6) is 0 Å². The van der Waals surface area contributed by atoms with Crippen molar-refractivity contribution in [3.05, 3.63) is 23.8 Å². The average molecular weight is 409 g/mol. The Bertz CT molecular complexity index is 566. The van der Waals surface area contributed by atoms with Crippen LogP contribution in [0.15, 0.2) is 23.8 Å². The summed E-state index contributed by atoms with van der Waals surface area (Å²) in [6.45, 7) is 6.67. The second-order valence-electron chi connectivity index (χ2n) is 9.53. The number of hydrogen-bond acceptors (Lipinski definition) is 4. The number of fused-ring (bicyclic) bond motifs is 1. The lowest BCUT2D eigenvalue weighted by molar-refractivity contribution is -0.142. The number of hydrogen-bond donors (Lipinski definition) is 3. The summed E-state index contributed by atoms with van der Waals surface area (Å²) in [4.78, 5) is 10.5. The largest absolute Gasteiger partial charge is 0.480 e. The summed E-state index contributed by atoms with van der Waals surface area (Å²) in [7, 11) is 0. The van der Waals surface area contributed by atoms with Gasteiger partial charge in [0.15, 0.2) is 0 Å². The first-order valence-electron chi connectivity index (χ1n) is 11.2. The van der Waals surface area contributed by atoms with Gasteiger partial charge in [-0.05, 0) is 82.5 Å². The van der Waals surface area contributed by atoms with Gasteiger partial charge in [-0.1, -0.05) is 30.7 Å². The van der Waals surface area contributed by atoms with E-state index in [2.05, 4.69) is 32.9 Å². The van der Waals surface area contributed by atoms with Crippen molar-refractivity contribution in [2.24, 2.45) is 29.6 Å². The molecule has 2 aliphatic carbocycles. The molecule has 0 radical (unpaired) electrons. The van der Waals surface area contributed by atoms with Crippen molar-refractivity contribution in [1.29, 1.82) is 0 Å². The molecule has 0 saturated heterocycles. The van der Waals surface area contributed by atoms with Gasteiger partial charge in [-0.15, -0.1) is 0 Å². The fraction of sp³-hybridized carbons (Fsp3) is 0.792. The minimum atomic E-state index is -0.925. The minimum absolute atomic E-state index is 0.126. The summed E-state index contributed by atoms with van der Waals surface area (Å²) in [6, 6.07) is 0. The van der Waals surface area contributed by atoms with Crippen LogP contribution in [0.4, 0.5) is 0 Å². The molecular formula is C24H40O5. The Labute approximate surface area is 175 Å². The maximum atomic E-state index is 10.5. The van der Waals surface area contributed by atoms with E-state index in [-0.39, 0.29) is 18.6 Å². The van der Waals surface area contributed by atoms with E-state index in [1.54, 1.807) is 0 Å². The third kappa shape index (κ3) is 8.23. The molecule has 0 spiro atoms. The highest BCUT2D eigenvalue weighted by Crippen LogP contribution is 2.51. The van der Waals surface area contributed by atoms with Gasteiger partial charge >= 0.3 is 5.97 Å². The Morgan fingerprint density at radius 3 is 2.69 bits per heavy atom. The summed E-state index contributed by atoms with van der Waals surface area (Å²) >= 11 is 0. The first-order chi connectivity index (χ1) is 13.8. The molecule has 5 nitrogen and oxygen atoms in total. The number of rotatable bonds is 12. The van der Waals surface area contributed by atoms with Crippen molar-refractivity contribution in [1.82, 2.24) is 0 Å². The fourth-order valence-corrected chi connectivity index (χ4v) is 5.21. The first kappa shape index (κ1) is 24.1. The average Bonchev–Trinajstić information content (AvgIpc) is 3.13. The van der Waals surface area contributed by atoms with Crippen LogP contribution in [0.1, 0.15) is 65.7 Å². The molecule has 0 bridgehead atoms. The highest BCUT2D eigenvalue weighted by molar-refractivity contribution is 5.67. The van der Waals surface area contributed by atoms with E-state index in [4.69, 9.17) is 9.84 Å². The van der Waals surface area contributed by atoms with Crippen LogP contribution in [-0.2, 0) is 9.53 Å². The molecule has 29 heavy (non-hydrogen) atoms. The minimum Gasteiger partial charge on any atom is -0.480 e. The van der Waals surface area contributed by atoms with Crippen molar-refractivity contribution >= 4 is 5.97 Å². The molecule has 7 atom stereocenters. The molecule has 2 fully saturated rings. The van der Waals surface area contributed by atoms with E-state index >= 15 is 0 Å². The van der Waals surface area contributed by atoms with Crippen molar-refractivity contribution in [2.75, 3.05) is 13.2 Å². The van der Waals surface area contributed by atoms with Gasteiger partial charge in [-0.2, -0.15) is 0 Å². The third-order valence-electron chi connectivity index (χ3n) is 6.64. The molecule has 0 aliphatic heterocycles. The van der Waals surface area contributed by atoms with Gasteiger partial charge in [0.2, 0.25) is 0 Å². The number of carboxylic acids is 1. The van der Waals surface area contributed by atoms with E-state index in [9.17, 15) is 15.0 Å². The van der Waals surface area contributed by atoms with Gasteiger partial charge in [-0.25, -0.2) is 4.79 Å². The molecular weight excluding hydrogens is 368 g/mol.